The molecule has 0 aromatic carbocycles. The number of hydrogen-bond acceptors (Lipinski definition) is 4. The summed E-state index contributed by atoms with van der Waals surface area (Å²) in [6.45, 7) is 1.93. The van der Waals surface area contributed by atoms with Crippen LogP contribution >= 0.6 is 11.3 Å². The molecule has 3 aromatic heterocycles. The maximum atomic E-state index is 12.0. The summed E-state index contributed by atoms with van der Waals surface area (Å²) in [6, 6.07) is 7.69. The van der Waals surface area contributed by atoms with E-state index in [9.17, 15) is 4.79 Å². The van der Waals surface area contributed by atoms with Crippen LogP contribution in [0, 0.1) is 6.92 Å². The van der Waals surface area contributed by atoms with E-state index in [-0.39, 0.29) is 5.91 Å². The summed E-state index contributed by atoms with van der Waals surface area (Å²) in [5.74, 6) is 0.511. The lowest BCUT2D eigenvalue weighted by Gasteiger charge is -2.02. The van der Waals surface area contributed by atoms with Gasteiger partial charge < -0.3 is 5.32 Å². The number of nitrogens with one attached hydrogen (secondary N) is 2. The lowest BCUT2D eigenvalue weighted by atomic mass is 10.1. The number of nitrogens with zero attached hydrogens (tertiary/aromatic N) is 2. The van der Waals surface area contributed by atoms with Crippen molar-refractivity contribution in [3.8, 4) is 11.3 Å². The fourth-order valence-electron chi connectivity index (χ4n) is 2.07. The third kappa shape index (κ3) is 3.00. The predicted octanol–water partition coefficient (Wildman–Crippen LogP) is 3.02. The second-order valence-electron chi connectivity index (χ2n) is 4.61. The Morgan fingerprint density at radius 2 is 2.14 bits per heavy atom. The third-order valence-corrected chi connectivity index (χ3v) is 4.03. The minimum Gasteiger partial charge on any atom is -0.309 e. The van der Waals surface area contributed by atoms with Crippen LogP contribution < -0.4 is 5.32 Å². The minimum atomic E-state index is -0.0617. The number of H-pyrrole nitrogens is 1. The first kappa shape index (κ1) is 13.5. The van der Waals surface area contributed by atoms with Gasteiger partial charge in [-0.05, 0) is 30.5 Å². The van der Waals surface area contributed by atoms with Crippen LogP contribution in [0.2, 0.25) is 0 Å². The molecular formula is C15H14N4OS. The van der Waals surface area contributed by atoms with Crippen LogP contribution in [-0.2, 0) is 11.2 Å². The Hall–Kier alpha value is -2.47. The molecule has 0 fully saturated rings. The number of aromatic amines is 1. The van der Waals surface area contributed by atoms with Gasteiger partial charge in [0.2, 0.25) is 5.91 Å². The van der Waals surface area contributed by atoms with E-state index < -0.39 is 0 Å². The molecule has 2 N–H and O–H groups in total. The summed E-state index contributed by atoms with van der Waals surface area (Å²) in [5, 5.41) is 12.0. The molecule has 3 aromatic rings. The van der Waals surface area contributed by atoms with Gasteiger partial charge in [0.1, 0.15) is 0 Å². The summed E-state index contributed by atoms with van der Waals surface area (Å²) in [5.41, 5.74) is 2.80. The summed E-state index contributed by atoms with van der Waals surface area (Å²) in [7, 11) is 0. The number of carbonyl (C=O) groups is 1. The van der Waals surface area contributed by atoms with Gasteiger partial charge in [-0.15, -0.1) is 11.3 Å². The molecule has 3 heterocycles. The molecule has 1 amide bonds. The summed E-state index contributed by atoms with van der Waals surface area (Å²) in [6.07, 6.45) is 3.82. The first-order valence-corrected chi connectivity index (χ1v) is 7.39. The van der Waals surface area contributed by atoms with Crippen LogP contribution in [-0.4, -0.2) is 21.1 Å². The topological polar surface area (TPSA) is 70.7 Å². The van der Waals surface area contributed by atoms with Gasteiger partial charge >= 0.3 is 0 Å². The van der Waals surface area contributed by atoms with Crippen molar-refractivity contribution in [2.24, 2.45) is 0 Å². The predicted molar refractivity (Wildman–Crippen MR) is 83.2 cm³/mol. The molecule has 0 radical (unpaired) electrons. The van der Waals surface area contributed by atoms with Gasteiger partial charge in [0.25, 0.3) is 0 Å². The van der Waals surface area contributed by atoms with E-state index in [1.807, 2.05) is 36.6 Å². The van der Waals surface area contributed by atoms with E-state index in [1.54, 1.807) is 23.7 Å². The van der Waals surface area contributed by atoms with Crippen molar-refractivity contribution in [2.45, 2.75) is 13.3 Å². The Kier molecular flexibility index (Phi) is 3.79. The number of anilines is 1. The Balaban J connectivity index is 1.75. The van der Waals surface area contributed by atoms with Crippen LogP contribution in [0.15, 0.2) is 42.0 Å². The van der Waals surface area contributed by atoms with Crippen molar-refractivity contribution in [1.29, 1.82) is 0 Å². The van der Waals surface area contributed by atoms with Crippen LogP contribution in [0.5, 0.6) is 0 Å². The number of carbonyl (C=O) groups excluding carboxylic acids is 1. The van der Waals surface area contributed by atoms with Crippen molar-refractivity contribution >= 4 is 23.1 Å². The molecule has 5 nitrogen and oxygen atoms in total. The number of pyridine rings is 1. The highest BCUT2D eigenvalue weighted by atomic mass is 32.1. The van der Waals surface area contributed by atoms with Crippen molar-refractivity contribution < 1.29 is 4.79 Å². The fraction of sp³-hybridized carbons (Fsp3) is 0.133. The van der Waals surface area contributed by atoms with Crippen molar-refractivity contribution in [1.82, 2.24) is 15.2 Å². The second-order valence-corrected chi connectivity index (χ2v) is 5.64. The van der Waals surface area contributed by atoms with E-state index in [0.717, 1.165) is 21.7 Å². The fourth-order valence-corrected chi connectivity index (χ4v) is 2.77. The molecule has 0 aliphatic rings. The number of amides is 1. The van der Waals surface area contributed by atoms with E-state index >= 15 is 0 Å². The van der Waals surface area contributed by atoms with Crippen molar-refractivity contribution in [3.05, 3.63) is 52.5 Å². The summed E-state index contributed by atoms with van der Waals surface area (Å²) < 4.78 is 0. The van der Waals surface area contributed by atoms with Gasteiger partial charge in [0.15, 0.2) is 5.82 Å². The lowest BCUT2D eigenvalue weighted by Crippen LogP contribution is -2.14. The van der Waals surface area contributed by atoms with E-state index in [1.165, 1.54) is 0 Å². The number of hydrogen-bond donors (Lipinski definition) is 2. The van der Waals surface area contributed by atoms with Gasteiger partial charge in [-0.25, -0.2) is 0 Å². The molecule has 0 aliphatic heterocycles. The molecule has 0 unspecified atom stereocenters. The number of aromatic nitrogens is 3. The molecule has 0 spiro atoms. The SMILES string of the molecule is Cc1c(NC(=O)Cc2cccs2)n[nH]c1-c1ccncc1. The molecule has 0 aliphatic carbocycles. The van der Waals surface area contributed by atoms with E-state index in [2.05, 4.69) is 20.5 Å². The summed E-state index contributed by atoms with van der Waals surface area (Å²) >= 11 is 1.57. The molecule has 3 rings (SSSR count). The molecule has 106 valence electrons. The first-order valence-electron chi connectivity index (χ1n) is 6.51. The van der Waals surface area contributed by atoms with Crippen LogP contribution in [0.3, 0.4) is 0 Å². The van der Waals surface area contributed by atoms with Gasteiger partial charge in [0.05, 0.1) is 12.1 Å². The molecule has 0 saturated carbocycles. The van der Waals surface area contributed by atoms with Gasteiger partial charge in [0, 0.05) is 28.4 Å². The zero-order valence-electron chi connectivity index (χ0n) is 11.5. The highest BCUT2D eigenvalue weighted by Crippen LogP contribution is 2.25. The zero-order chi connectivity index (χ0) is 14.7. The normalized spacial score (nSPS) is 10.5. The Morgan fingerprint density at radius 3 is 2.86 bits per heavy atom. The minimum absolute atomic E-state index is 0.0617. The lowest BCUT2D eigenvalue weighted by molar-refractivity contribution is -0.115. The Morgan fingerprint density at radius 1 is 1.33 bits per heavy atom. The third-order valence-electron chi connectivity index (χ3n) is 3.15. The quantitative estimate of drug-likeness (QED) is 0.777. The highest BCUT2D eigenvalue weighted by molar-refractivity contribution is 7.10. The monoisotopic (exact) mass is 298 g/mol. The van der Waals surface area contributed by atoms with E-state index in [0.29, 0.717) is 12.2 Å². The molecule has 6 heteroatoms. The van der Waals surface area contributed by atoms with Gasteiger partial charge in [-0.2, -0.15) is 5.10 Å². The largest absolute Gasteiger partial charge is 0.309 e. The van der Waals surface area contributed by atoms with Crippen LogP contribution in [0.1, 0.15) is 10.4 Å². The van der Waals surface area contributed by atoms with Crippen molar-refractivity contribution in [3.63, 3.8) is 0 Å². The second kappa shape index (κ2) is 5.88. The number of rotatable bonds is 4. The Bertz CT molecular complexity index is 734. The zero-order valence-corrected chi connectivity index (χ0v) is 12.3. The molecule has 0 saturated heterocycles. The van der Waals surface area contributed by atoms with E-state index in [4.69, 9.17) is 0 Å². The maximum absolute atomic E-state index is 12.0. The molecule has 21 heavy (non-hydrogen) atoms. The molecule has 0 bridgehead atoms. The summed E-state index contributed by atoms with van der Waals surface area (Å²) in [4.78, 5) is 17.0. The van der Waals surface area contributed by atoms with Gasteiger partial charge in [-0.3, -0.25) is 14.9 Å². The average molecular weight is 298 g/mol. The highest BCUT2D eigenvalue weighted by Gasteiger charge is 2.13. The Labute approximate surface area is 126 Å². The average Bonchev–Trinajstić information content (AvgIpc) is 3.11. The maximum Gasteiger partial charge on any atom is 0.230 e. The van der Waals surface area contributed by atoms with Crippen LogP contribution in [0.4, 0.5) is 5.82 Å². The van der Waals surface area contributed by atoms with Crippen molar-refractivity contribution in [2.75, 3.05) is 5.32 Å². The smallest absolute Gasteiger partial charge is 0.230 e. The molecule has 0 atom stereocenters. The number of thiophene rings is 1. The van der Waals surface area contributed by atoms with Crippen LogP contribution in [0.25, 0.3) is 11.3 Å². The first-order chi connectivity index (χ1) is 10.2. The van der Waals surface area contributed by atoms with Gasteiger partial charge in [-0.1, -0.05) is 6.07 Å². The molecular weight excluding hydrogens is 284 g/mol. The standard InChI is InChI=1S/C15H14N4OS/c1-10-14(11-4-6-16-7-5-11)18-19-15(10)17-13(20)9-12-3-2-8-21-12/h2-8H,9H2,1H3,(H2,17,18,19,20).